The third kappa shape index (κ3) is 3.24. The lowest BCUT2D eigenvalue weighted by molar-refractivity contribution is -0.133. The van der Waals surface area contributed by atoms with E-state index < -0.39 is 0 Å². The number of rotatable bonds is 4. The van der Waals surface area contributed by atoms with E-state index in [1.54, 1.807) is 17.1 Å². The lowest BCUT2D eigenvalue weighted by Crippen LogP contribution is -2.45. The Morgan fingerprint density at radius 2 is 1.96 bits per heavy atom. The molecule has 0 spiro atoms. The van der Waals surface area contributed by atoms with Crippen LogP contribution in [0.1, 0.15) is 25.3 Å². The van der Waals surface area contributed by atoms with Crippen molar-refractivity contribution in [3.05, 3.63) is 54.4 Å². The average molecular weight is 350 g/mol. The van der Waals surface area contributed by atoms with Crippen molar-refractivity contribution in [1.82, 2.24) is 30.1 Å². The third-order valence-electron chi connectivity index (χ3n) is 5.30. The van der Waals surface area contributed by atoms with Gasteiger partial charge in [-0.3, -0.25) is 9.89 Å². The maximum absolute atomic E-state index is 12.6. The first kappa shape index (κ1) is 16.5. The molecular formula is C19H22N6O. The summed E-state index contributed by atoms with van der Waals surface area (Å²) in [5.41, 5.74) is 2.97. The van der Waals surface area contributed by atoms with Crippen molar-refractivity contribution in [3.8, 4) is 11.4 Å². The Kier molecular flexibility index (Phi) is 4.28. The topological polar surface area (TPSA) is 79.7 Å². The molecule has 3 heterocycles. The van der Waals surface area contributed by atoms with Gasteiger partial charge in [0.05, 0.1) is 11.9 Å². The van der Waals surface area contributed by atoms with E-state index in [-0.39, 0.29) is 17.9 Å². The summed E-state index contributed by atoms with van der Waals surface area (Å²) in [6.45, 7) is 4.04. The summed E-state index contributed by atoms with van der Waals surface area (Å²) < 4.78 is 1.59. The number of benzene rings is 1. The fraction of sp³-hybridized carbons (Fsp3) is 0.368. The first-order chi connectivity index (χ1) is 12.6. The highest BCUT2D eigenvalue weighted by Gasteiger charge is 2.33. The molecule has 1 N–H and O–H groups in total. The largest absolute Gasteiger partial charge is 0.341 e. The fourth-order valence-corrected chi connectivity index (χ4v) is 3.52. The smallest absolute Gasteiger partial charge is 0.244 e. The Balaban J connectivity index is 1.37. The quantitative estimate of drug-likeness (QED) is 0.783. The summed E-state index contributed by atoms with van der Waals surface area (Å²) in [4.78, 5) is 14.6. The van der Waals surface area contributed by atoms with Gasteiger partial charge in [0, 0.05) is 19.3 Å². The lowest BCUT2D eigenvalue weighted by atomic mass is 9.74. The van der Waals surface area contributed by atoms with E-state index >= 15 is 0 Å². The fourth-order valence-electron chi connectivity index (χ4n) is 3.52. The minimum absolute atomic E-state index is 0.0844. The van der Waals surface area contributed by atoms with Crippen LogP contribution in [-0.2, 0) is 16.8 Å². The Hall–Kier alpha value is -2.96. The SMILES string of the molecule is CC1(c2ccccc2)CCN(C(=O)Cn2cc(-c3ccn[nH]3)nn2)CC1. The van der Waals surface area contributed by atoms with Crippen LogP contribution in [-0.4, -0.2) is 49.1 Å². The minimum Gasteiger partial charge on any atom is -0.341 e. The maximum atomic E-state index is 12.6. The zero-order valence-electron chi connectivity index (χ0n) is 14.8. The van der Waals surface area contributed by atoms with E-state index in [2.05, 4.69) is 51.7 Å². The van der Waals surface area contributed by atoms with Crippen molar-refractivity contribution in [2.75, 3.05) is 13.1 Å². The minimum atomic E-state index is 0.0844. The molecule has 1 amide bonds. The van der Waals surface area contributed by atoms with E-state index in [1.165, 1.54) is 5.56 Å². The molecule has 0 radical (unpaired) electrons. The van der Waals surface area contributed by atoms with Gasteiger partial charge in [0.1, 0.15) is 12.2 Å². The van der Waals surface area contributed by atoms with Gasteiger partial charge in [0.25, 0.3) is 0 Å². The first-order valence-electron chi connectivity index (χ1n) is 8.87. The van der Waals surface area contributed by atoms with Gasteiger partial charge in [-0.1, -0.05) is 42.5 Å². The van der Waals surface area contributed by atoms with Crippen molar-refractivity contribution in [2.45, 2.75) is 31.7 Å². The molecule has 0 aliphatic carbocycles. The monoisotopic (exact) mass is 350 g/mol. The Bertz CT molecular complexity index is 863. The van der Waals surface area contributed by atoms with E-state index in [1.807, 2.05) is 17.0 Å². The van der Waals surface area contributed by atoms with Crippen molar-refractivity contribution in [2.24, 2.45) is 0 Å². The number of piperidine rings is 1. The van der Waals surface area contributed by atoms with Crippen LogP contribution in [0.25, 0.3) is 11.4 Å². The van der Waals surface area contributed by atoms with Crippen LogP contribution in [0.2, 0.25) is 0 Å². The molecule has 7 heteroatoms. The predicted octanol–water partition coefficient (Wildman–Crippen LogP) is 2.25. The second-order valence-corrected chi connectivity index (χ2v) is 7.08. The maximum Gasteiger partial charge on any atom is 0.244 e. The van der Waals surface area contributed by atoms with Crippen LogP contribution in [0.4, 0.5) is 0 Å². The summed E-state index contributed by atoms with van der Waals surface area (Å²) in [5.74, 6) is 0.0844. The molecule has 3 aromatic rings. The second kappa shape index (κ2) is 6.74. The molecule has 1 fully saturated rings. The molecule has 0 saturated carbocycles. The number of hydrogen-bond donors (Lipinski definition) is 1. The number of likely N-dealkylation sites (tertiary alicyclic amines) is 1. The number of aromatic amines is 1. The number of carbonyl (C=O) groups is 1. The molecule has 134 valence electrons. The molecule has 26 heavy (non-hydrogen) atoms. The zero-order valence-corrected chi connectivity index (χ0v) is 14.8. The van der Waals surface area contributed by atoms with Crippen molar-refractivity contribution in [3.63, 3.8) is 0 Å². The van der Waals surface area contributed by atoms with E-state index in [4.69, 9.17) is 0 Å². The molecule has 2 aromatic heterocycles. The van der Waals surface area contributed by atoms with Gasteiger partial charge in [-0.25, -0.2) is 4.68 Å². The van der Waals surface area contributed by atoms with E-state index in [0.717, 1.165) is 31.6 Å². The summed E-state index contributed by atoms with van der Waals surface area (Å²) in [6, 6.07) is 12.4. The molecular weight excluding hydrogens is 328 g/mol. The molecule has 7 nitrogen and oxygen atoms in total. The molecule has 1 aromatic carbocycles. The number of nitrogens with one attached hydrogen (secondary N) is 1. The van der Waals surface area contributed by atoms with Gasteiger partial charge < -0.3 is 4.90 Å². The van der Waals surface area contributed by atoms with Crippen LogP contribution >= 0.6 is 0 Å². The van der Waals surface area contributed by atoms with Gasteiger partial charge in [-0.15, -0.1) is 5.10 Å². The van der Waals surface area contributed by atoms with Crippen LogP contribution in [0.15, 0.2) is 48.8 Å². The number of amides is 1. The normalized spacial score (nSPS) is 16.6. The van der Waals surface area contributed by atoms with Crippen LogP contribution < -0.4 is 0 Å². The van der Waals surface area contributed by atoms with Crippen molar-refractivity contribution >= 4 is 5.91 Å². The van der Waals surface area contributed by atoms with Crippen LogP contribution in [0.3, 0.4) is 0 Å². The van der Waals surface area contributed by atoms with Crippen molar-refractivity contribution in [1.29, 1.82) is 0 Å². The number of H-pyrrole nitrogens is 1. The van der Waals surface area contributed by atoms with E-state index in [0.29, 0.717) is 5.69 Å². The Morgan fingerprint density at radius 3 is 2.65 bits per heavy atom. The number of aromatic nitrogens is 5. The summed E-state index contributed by atoms with van der Waals surface area (Å²) in [6.07, 6.45) is 5.37. The third-order valence-corrected chi connectivity index (χ3v) is 5.30. The molecule has 4 rings (SSSR count). The molecule has 1 aliphatic rings. The van der Waals surface area contributed by atoms with Crippen LogP contribution in [0, 0.1) is 0 Å². The Labute approximate surface area is 152 Å². The summed E-state index contributed by atoms with van der Waals surface area (Å²) in [5, 5.41) is 14.9. The standard InChI is InChI=1S/C19H22N6O/c1-19(15-5-3-2-4-6-15)8-11-24(12-9-19)18(26)14-25-13-17(22-23-25)16-7-10-20-21-16/h2-7,10,13H,8-9,11-12,14H2,1H3,(H,20,21). The second-order valence-electron chi connectivity index (χ2n) is 7.08. The van der Waals surface area contributed by atoms with Crippen molar-refractivity contribution < 1.29 is 4.79 Å². The highest BCUT2D eigenvalue weighted by atomic mass is 16.2. The first-order valence-corrected chi connectivity index (χ1v) is 8.87. The number of hydrogen-bond acceptors (Lipinski definition) is 4. The molecule has 0 bridgehead atoms. The lowest BCUT2D eigenvalue weighted by Gasteiger charge is -2.39. The van der Waals surface area contributed by atoms with Crippen LogP contribution in [0.5, 0.6) is 0 Å². The Morgan fingerprint density at radius 1 is 1.19 bits per heavy atom. The summed E-state index contributed by atoms with van der Waals surface area (Å²) >= 11 is 0. The molecule has 0 unspecified atom stereocenters. The van der Waals surface area contributed by atoms with Gasteiger partial charge in [0.15, 0.2) is 0 Å². The summed E-state index contributed by atoms with van der Waals surface area (Å²) in [7, 11) is 0. The average Bonchev–Trinajstić information content (AvgIpc) is 3.34. The van der Waals surface area contributed by atoms with Gasteiger partial charge in [0.2, 0.25) is 5.91 Å². The number of carbonyl (C=O) groups excluding carboxylic acids is 1. The highest BCUT2D eigenvalue weighted by molar-refractivity contribution is 5.76. The van der Waals surface area contributed by atoms with Gasteiger partial charge in [-0.05, 0) is 29.9 Å². The zero-order chi connectivity index (χ0) is 18.0. The van der Waals surface area contributed by atoms with Gasteiger partial charge >= 0.3 is 0 Å². The van der Waals surface area contributed by atoms with E-state index in [9.17, 15) is 4.79 Å². The highest BCUT2D eigenvalue weighted by Crippen LogP contribution is 2.34. The number of nitrogens with zero attached hydrogens (tertiary/aromatic N) is 5. The predicted molar refractivity (Wildman–Crippen MR) is 97.2 cm³/mol. The molecule has 1 saturated heterocycles. The molecule has 1 aliphatic heterocycles. The molecule has 0 atom stereocenters. The van der Waals surface area contributed by atoms with Gasteiger partial charge in [-0.2, -0.15) is 5.10 Å².